The second-order valence-corrected chi connectivity index (χ2v) is 6.12. The van der Waals surface area contributed by atoms with E-state index in [0.717, 1.165) is 45.6 Å². The molecule has 2 heterocycles. The zero-order valence-corrected chi connectivity index (χ0v) is 13.8. The molecule has 0 spiro atoms. The normalized spacial score (nSPS) is 16.8. The molecule has 0 unspecified atom stereocenters. The van der Waals surface area contributed by atoms with Crippen molar-refractivity contribution >= 4 is 5.91 Å². The minimum absolute atomic E-state index is 0.237. The minimum atomic E-state index is -0.370. The van der Waals surface area contributed by atoms with E-state index in [4.69, 9.17) is 5.73 Å². The SMILES string of the molecule is CCC(CC)(CN)C(=O)N1CCN(Cc2cccnc2)CC1. The summed E-state index contributed by atoms with van der Waals surface area (Å²) in [5.41, 5.74) is 6.75. The molecule has 1 aliphatic heterocycles. The number of amides is 1. The summed E-state index contributed by atoms with van der Waals surface area (Å²) in [4.78, 5) is 21.3. The molecule has 2 N–H and O–H groups in total. The van der Waals surface area contributed by atoms with Crippen LogP contribution in [0, 0.1) is 5.41 Å². The van der Waals surface area contributed by atoms with Gasteiger partial charge in [0.2, 0.25) is 5.91 Å². The van der Waals surface area contributed by atoms with Crippen molar-refractivity contribution in [3.05, 3.63) is 30.1 Å². The Labute approximate surface area is 133 Å². The van der Waals surface area contributed by atoms with Crippen molar-refractivity contribution in [2.24, 2.45) is 11.1 Å². The van der Waals surface area contributed by atoms with Crippen LogP contribution in [0.25, 0.3) is 0 Å². The predicted molar refractivity (Wildman–Crippen MR) is 88.2 cm³/mol. The van der Waals surface area contributed by atoms with Gasteiger partial charge in [-0.25, -0.2) is 0 Å². The monoisotopic (exact) mass is 304 g/mol. The van der Waals surface area contributed by atoms with Crippen molar-refractivity contribution in [2.45, 2.75) is 33.2 Å². The van der Waals surface area contributed by atoms with Crippen LogP contribution in [0.1, 0.15) is 32.3 Å². The highest BCUT2D eigenvalue weighted by Crippen LogP contribution is 2.28. The van der Waals surface area contributed by atoms with Crippen molar-refractivity contribution in [3.8, 4) is 0 Å². The molecule has 1 aromatic rings. The van der Waals surface area contributed by atoms with Gasteiger partial charge < -0.3 is 10.6 Å². The standard InChI is InChI=1S/C17H28N4O/c1-3-17(4-2,14-18)16(22)21-10-8-20(9-11-21)13-15-6-5-7-19-12-15/h5-7,12H,3-4,8-11,13-14,18H2,1-2H3. The van der Waals surface area contributed by atoms with Crippen LogP contribution >= 0.6 is 0 Å². The first-order chi connectivity index (χ1) is 10.6. The van der Waals surface area contributed by atoms with Crippen LogP contribution < -0.4 is 5.73 Å². The van der Waals surface area contributed by atoms with E-state index >= 15 is 0 Å². The minimum Gasteiger partial charge on any atom is -0.340 e. The summed E-state index contributed by atoms with van der Waals surface area (Å²) in [7, 11) is 0. The molecule has 1 amide bonds. The molecule has 0 aromatic carbocycles. The van der Waals surface area contributed by atoms with E-state index in [1.165, 1.54) is 5.56 Å². The van der Waals surface area contributed by atoms with Gasteiger partial charge in [0, 0.05) is 51.7 Å². The summed E-state index contributed by atoms with van der Waals surface area (Å²) in [6, 6.07) is 4.06. The number of carbonyl (C=O) groups is 1. The van der Waals surface area contributed by atoms with Gasteiger partial charge in [-0.1, -0.05) is 19.9 Å². The van der Waals surface area contributed by atoms with E-state index in [1.807, 2.05) is 17.2 Å². The van der Waals surface area contributed by atoms with Crippen molar-refractivity contribution in [1.29, 1.82) is 0 Å². The molecule has 2 rings (SSSR count). The molecular formula is C17H28N4O. The topological polar surface area (TPSA) is 62.5 Å². The van der Waals surface area contributed by atoms with Gasteiger partial charge >= 0.3 is 0 Å². The molecule has 1 saturated heterocycles. The molecule has 0 bridgehead atoms. The van der Waals surface area contributed by atoms with E-state index in [2.05, 4.69) is 29.8 Å². The Morgan fingerprint density at radius 1 is 1.27 bits per heavy atom. The van der Waals surface area contributed by atoms with Gasteiger partial charge in [-0.2, -0.15) is 0 Å². The Morgan fingerprint density at radius 3 is 2.45 bits per heavy atom. The van der Waals surface area contributed by atoms with Gasteiger partial charge in [-0.05, 0) is 24.5 Å². The Bertz CT molecular complexity index is 457. The van der Waals surface area contributed by atoms with Crippen molar-refractivity contribution in [1.82, 2.24) is 14.8 Å². The molecule has 0 saturated carbocycles. The molecule has 5 nitrogen and oxygen atoms in total. The van der Waals surface area contributed by atoms with Crippen LogP contribution in [0.3, 0.4) is 0 Å². The van der Waals surface area contributed by atoms with E-state index in [0.29, 0.717) is 6.54 Å². The molecule has 22 heavy (non-hydrogen) atoms. The summed E-state index contributed by atoms with van der Waals surface area (Å²) in [5, 5.41) is 0. The Morgan fingerprint density at radius 2 is 1.95 bits per heavy atom. The number of nitrogens with two attached hydrogens (primary N) is 1. The van der Waals surface area contributed by atoms with Crippen molar-refractivity contribution < 1.29 is 4.79 Å². The summed E-state index contributed by atoms with van der Waals surface area (Å²) < 4.78 is 0. The molecular weight excluding hydrogens is 276 g/mol. The largest absolute Gasteiger partial charge is 0.340 e. The average molecular weight is 304 g/mol. The van der Waals surface area contributed by atoms with Crippen molar-refractivity contribution in [2.75, 3.05) is 32.7 Å². The number of nitrogens with zero attached hydrogens (tertiary/aromatic N) is 3. The summed E-state index contributed by atoms with van der Waals surface area (Å²) >= 11 is 0. The number of rotatable bonds is 6. The van der Waals surface area contributed by atoms with Gasteiger partial charge in [0.25, 0.3) is 0 Å². The highest BCUT2D eigenvalue weighted by Gasteiger charge is 2.37. The smallest absolute Gasteiger partial charge is 0.230 e. The zero-order chi connectivity index (χ0) is 16.0. The molecule has 5 heteroatoms. The second kappa shape index (κ2) is 7.70. The lowest BCUT2D eigenvalue weighted by atomic mass is 9.81. The van der Waals surface area contributed by atoms with Crippen molar-refractivity contribution in [3.63, 3.8) is 0 Å². The fourth-order valence-electron chi connectivity index (χ4n) is 3.12. The molecule has 1 fully saturated rings. The average Bonchev–Trinajstić information content (AvgIpc) is 2.58. The lowest BCUT2D eigenvalue weighted by Crippen LogP contribution is -2.54. The lowest BCUT2D eigenvalue weighted by Gasteiger charge is -2.40. The maximum atomic E-state index is 12.8. The van der Waals surface area contributed by atoms with E-state index < -0.39 is 0 Å². The highest BCUT2D eigenvalue weighted by molar-refractivity contribution is 5.83. The fourth-order valence-corrected chi connectivity index (χ4v) is 3.12. The first-order valence-electron chi connectivity index (χ1n) is 8.26. The van der Waals surface area contributed by atoms with Crippen LogP contribution in [-0.2, 0) is 11.3 Å². The van der Waals surface area contributed by atoms with E-state index in [1.54, 1.807) is 6.20 Å². The first-order valence-corrected chi connectivity index (χ1v) is 8.26. The fraction of sp³-hybridized carbons (Fsp3) is 0.647. The summed E-state index contributed by atoms with van der Waals surface area (Å²) in [6.07, 6.45) is 5.33. The Kier molecular flexibility index (Phi) is 5.91. The summed E-state index contributed by atoms with van der Waals surface area (Å²) in [6.45, 7) is 8.87. The number of hydrogen-bond acceptors (Lipinski definition) is 4. The predicted octanol–water partition coefficient (Wildman–Crippen LogP) is 1.49. The third-order valence-corrected chi connectivity index (χ3v) is 4.99. The number of pyridine rings is 1. The Balaban J connectivity index is 1.90. The van der Waals surface area contributed by atoms with Gasteiger partial charge in [-0.3, -0.25) is 14.7 Å². The molecule has 0 aliphatic carbocycles. The van der Waals surface area contributed by atoms with E-state index in [-0.39, 0.29) is 11.3 Å². The highest BCUT2D eigenvalue weighted by atomic mass is 16.2. The number of hydrogen-bond donors (Lipinski definition) is 1. The van der Waals surface area contributed by atoms with Gasteiger partial charge in [0.15, 0.2) is 0 Å². The van der Waals surface area contributed by atoms with E-state index in [9.17, 15) is 4.79 Å². The van der Waals surface area contributed by atoms with Crippen LogP contribution in [-0.4, -0.2) is 53.4 Å². The Hall–Kier alpha value is -1.46. The van der Waals surface area contributed by atoms with Gasteiger partial charge in [0.05, 0.1) is 5.41 Å². The maximum absolute atomic E-state index is 12.8. The zero-order valence-electron chi connectivity index (χ0n) is 13.8. The van der Waals surface area contributed by atoms with Crippen LogP contribution in [0.15, 0.2) is 24.5 Å². The van der Waals surface area contributed by atoms with Gasteiger partial charge in [-0.15, -0.1) is 0 Å². The maximum Gasteiger partial charge on any atom is 0.230 e. The molecule has 1 aliphatic rings. The quantitative estimate of drug-likeness (QED) is 0.865. The molecule has 1 aromatic heterocycles. The third kappa shape index (κ3) is 3.65. The number of carbonyl (C=O) groups excluding carboxylic acids is 1. The van der Waals surface area contributed by atoms with Crippen LogP contribution in [0.4, 0.5) is 0 Å². The molecule has 0 radical (unpaired) electrons. The third-order valence-electron chi connectivity index (χ3n) is 4.99. The molecule has 122 valence electrons. The van der Waals surface area contributed by atoms with Gasteiger partial charge in [0.1, 0.15) is 0 Å². The number of aromatic nitrogens is 1. The van der Waals surface area contributed by atoms with Crippen LogP contribution in [0.2, 0.25) is 0 Å². The molecule has 0 atom stereocenters. The lowest BCUT2D eigenvalue weighted by molar-refractivity contribution is -0.144. The second-order valence-electron chi connectivity index (χ2n) is 6.12. The van der Waals surface area contributed by atoms with Crippen LogP contribution in [0.5, 0.6) is 0 Å². The summed E-state index contributed by atoms with van der Waals surface area (Å²) in [5.74, 6) is 0.237. The number of piperazine rings is 1. The first kappa shape index (κ1) is 16.9.